The quantitative estimate of drug-likeness (QED) is 0.806. The van der Waals surface area contributed by atoms with Gasteiger partial charge < -0.3 is 19.6 Å². The lowest BCUT2D eigenvalue weighted by Crippen LogP contribution is -2.25. The molecule has 4 nitrogen and oxygen atoms in total. The van der Waals surface area contributed by atoms with Gasteiger partial charge in [-0.15, -0.1) is 0 Å². The van der Waals surface area contributed by atoms with Crippen molar-refractivity contribution < 1.29 is 14.3 Å². The van der Waals surface area contributed by atoms with Gasteiger partial charge in [-0.2, -0.15) is 0 Å². The number of aliphatic hydroxyl groups is 1. The summed E-state index contributed by atoms with van der Waals surface area (Å²) >= 11 is 0. The van der Waals surface area contributed by atoms with E-state index >= 15 is 0 Å². The standard InChI is InChI=1S/C15H21NO3/c1-11(4-3-7-17)16-10-14-9-12-8-13(18-2)5-6-15(12)19-14/h5-6,8-9,11,16-17H,3-4,7,10H2,1-2H3. The molecule has 2 N–H and O–H groups in total. The van der Waals surface area contributed by atoms with E-state index in [1.54, 1.807) is 7.11 Å². The number of hydrogen-bond donors (Lipinski definition) is 2. The molecule has 2 rings (SSSR count). The Balaban J connectivity index is 1.97. The first-order valence-corrected chi connectivity index (χ1v) is 6.63. The Bertz CT molecular complexity index is 521. The molecule has 0 aliphatic heterocycles. The Labute approximate surface area is 113 Å². The summed E-state index contributed by atoms with van der Waals surface area (Å²) in [6.45, 7) is 3.06. The predicted octanol–water partition coefficient (Wildman–Crippen LogP) is 2.69. The molecule has 4 heteroatoms. The fourth-order valence-corrected chi connectivity index (χ4v) is 2.06. The number of benzene rings is 1. The van der Waals surface area contributed by atoms with Crippen molar-refractivity contribution in [2.75, 3.05) is 13.7 Å². The van der Waals surface area contributed by atoms with E-state index in [0.29, 0.717) is 12.6 Å². The molecule has 0 saturated heterocycles. The van der Waals surface area contributed by atoms with Gasteiger partial charge in [0.2, 0.25) is 0 Å². The maximum absolute atomic E-state index is 8.79. The Kier molecular flexibility index (Phi) is 4.82. The molecular formula is C15H21NO3. The maximum Gasteiger partial charge on any atom is 0.134 e. The predicted molar refractivity (Wildman–Crippen MR) is 75.4 cm³/mol. The van der Waals surface area contributed by atoms with Crippen molar-refractivity contribution in [3.05, 3.63) is 30.0 Å². The highest BCUT2D eigenvalue weighted by molar-refractivity contribution is 5.79. The fraction of sp³-hybridized carbons (Fsp3) is 0.467. The molecule has 0 bridgehead atoms. The number of rotatable bonds is 7. The Morgan fingerprint density at radius 1 is 1.37 bits per heavy atom. The van der Waals surface area contributed by atoms with E-state index in [4.69, 9.17) is 14.3 Å². The SMILES string of the molecule is COc1ccc2oc(CNC(C)CCCO)cc2c1. The number of aliphatic hydroxyl groups excluding tert-OH is 1. The molecule has 0 aliphatic rings. The van der Waals surface area contributed by atoms with E-state index < -0.39 is 0 Å². The summed E-state index contributed by atoms with van der Waals surface area (Å²) in [6, 6.07) is 8.19. The third-order valence-electron chi connectivity index (χ3n) is 3.19. The number of fused-ring (bicyclic) bond motifs is 1. The average molecular weight is 263 g/mol. The summed E-state index contributed by atoms with van der Waals surface area (Å²) in [5.74, 6) is 1.75. The lowest BCUT2D eigenvalue weighted by Gasteiger charge is -2.11. The van der Waals surface area contributed by atoms with Crippen molar-refractivity contribution in [3.8, 4) is 5.75 Å². The van der Waals surface area contributed by atoms with Gasteiger partial charge in [0.15, 0.2) is 0 Å². The van der Waals surface area contributed by atoms with Gasteiger partial charge in [-0.25, -0.2) is 0 Å². The van der Waals surface area contributed by atoms with Gasteiger partial charge in [0.1, 0.15) is 17.1 Å². The van der Waals surface area contributed by atoms with Crippen LogP contribution in [0.4, 0.5) is 0 Å². The summed E-state index contributed by atoms with van der Waals surface area (Å²) in [5.41, 5.74) is 0.876. The molecule has 0 fully saturated rings. The van der Waals surface area contributed by atoms with E-state index in [1.165, 1.54) is 0 Å². The zero-order valence-corrected chi connectivity index (χ0v) is 11.5. The van der Waals surface area contributed by atoms with E-state index in [9.17, 15) is 0 Å². The molecule has 1 atom stereocenters. The van der Waals surface area contributed by atoms with Crippen molar-refractivity contribution in [1.29, 1.82) is 0 Å². The van der Waals surface area contributed by atoms with Crippen LogP contribution in [0.1, 0.15) is 25.5 Å². The van der Waals surface area contributed by atoms with Gasteiger partial charge in [0.25, 0.3) is 0 Å². The number of nitrogens with one attached hydrogen (secondary N) is 1. The molecule has 2 aromatic rings. The lowest BCUT2D eigenvalue weighted by atomic mass is 10.2. The third-order valence-corrected chi connectivity index (χ3v) is 3.19. The van der Waals surface area contributed by atoms with Crippen LogP contribution in [-0.2, 0) is 6.54 Å². The first kappa shape index (κ1) is 13.9. The maximum atomic E-state index is 8.79. The Hall–Kier alpha value is -1.52. The van der Waals surface area contributed by atoms with E-state index in [1.807, 2.05) is 24.3 Å². The average Bonchev–Trinajstić information content (AvgIpc) is 2.84. The molecule has 1 aromatic carbocycles. The first-order valence-electron chi connectivity index (χ1n) is 6.63. The zero-order chi connectivity index (χ0) is 13.7. The van der Waals surface area contributed by atoms with Gasteiger partial charge in [0, 0.05) is 18.0 Å². The summed E-state index contributed by atoms with van der Waals surface area (Å²) in [4.78, 5) is 0. The van der Waals surface area contributed by atoms with Crippen LogP contribution in [0.2, 0.25) is 0 Å². The van der Waals surface area contributed by atoms with Crippen LogP contribution in [0.5, 0.6) is 5.75 Å². The topological polar surface area (TPSA) is 54.6 Å². The highest BCUT2D eigenvalue weighted by atomic mass is 16.5. The largest absolute Gasteiger partial charge is 0.497 e. The second-order valence-corrected chi connectivity index (χ2v) is 4.76. The van der Waals surface area contributed by atoms with E-state index in [2.05, 4.69) is 12.2 Å². The number of ether oxygens (including phenoxy) is 1. The van der Waals surface area contributed by atoms with Crippen molar-refractivity contribution in [2.24, 2.45) is 0 Å². The van der Waals surface area contributed by atoms with Crippen molar-refractivity contribution in [2.45, 2.75) is 32.4 Å². The molecule has 1 unspecified atom stereocenters. The van der Waals surface area contributed by atoms with Gasteiger partial charge in [-0.3, -0.25) is 0 Å². The van der Waals surface area contributed by atoms with Crippen molar-refractivity contribution >= 4 is 11.0 Å². The molecule has 1 aromatic heterocycles. The van der Waals surface area contributed by atoms with Crippen LogP contribution in [0.15, 0.2) is 28.7 Å². The normalized spacial score (nSPS) is 12.8. The fourth-order valence-electron chi connectivity index (χ4n) is 2.06. The summed E-state index contributed by atoms with van der Waals surface area (Å²) < 4.78 is 10.9. The molecule has 19 heavy (non-hydrogen) atoms. The second-order valence-electron chi connectivity index (χ2n) is 4.76. The monoisotopic (exact) mass is 263 g/mol. The first-order chi connectivity index (χ1) is 9.22. The van der Waals surface area contributed by atoms with Crippen LogP contribution in [0, 0.1) is 0 Å². The smallest absolute Gasteiger partial charge is 0.134 e. The van der Waals surface area contributed by atoms with Gasteiger partial charge in [0.05, 0.1) is 13.7 Å². The van der Waals surface area contributed by atoms with Crippen LogP contribution < -0.4 is 10.1 Å². The van der Waals surface area contributed by atoms with Crippen LogP contribution in [0.3, 0.4) is 0 Å². The highest BCUT2D eigenvalue weighted by Gasteiger charge is 2.06. The number of hydrogen-bond acceptors (Lipinski definition) is 4. The van der Waals surface area contributed by atoms with Crippen molar-refractivity contribution in [3.63, 3.8) is 0 Å². The summed E-state index contributed by atoms with van der Waals surface area (Å²) in [6.07, 6.45) is 1.79. The van der Waals surface area contributed by atoms with Crippen LogP contribution >= 0.6 is 0 Å². The lowest BCUT2D eigenvalue weighted by molar-refractivity contribution is 0.276. The summed E-state index contributed by atoms with van der Waals surface area (Å²) in [5, 5.41) is 13.2. The van der Waals surface area contributed by atoms with E-state index in [0.717, 1.165) is 35.3 Å². The van der Waals surface area contributed by atoms with Crippen LogP contribution in [-0.4, -0.2) is 24.9 Å². The van der Waals surface area contributed by atoms with Gasteiger partial charge in [-0.1, -0.05) is 0 Å². The number of furan rings is 1. The minimum atomic E-state index is 0.246. The molecular weight excluding hydrogens is 242 g/mol. The Morgan fingerprint density at radius 2 is 2.21 bits per heavy atom. The highest BCUT2D eigenvalue weighted by Crippen LogP contribution is 2.24. The number of methoxy groups -OCH3 is 1. The zero-order valence-electron chi connectivity index (χ0n) is 11.5. The van der Waals surface area contributed by atoms with E-state index in [-0.39, 0.29) is 6.61 Å². The summed E-state index contributed by atoms with van der Waals surface area (Å²) in [7, 11) is 1.66. The Morgan fingerprint density at radius 3 is 2.95 bits per heavy atom. The molecule has 0 radical (unpaired) electrons. The minimum Gasteiger partial charge on any atom is -0.497 e. The minimum absolute atomic E-state index is 0.246. The molecule has 104 valence electrons. The van der Waals surface area contributed by atoms with Crippen molar-refractivity contribution in [1.82, 2.24) is 5.32 Å². The molecule has 0 amide bonds. The third kappa shape index (κ3) is 3.72. The molecule has 1 heterocycles. The molecule has 0 saturated carbocycles. The van der Waals surface area contributed by atoms with Crippen LogP contribution in [0.25, 0.3) is 11.0 Å². The molecule has 0 aliphatic carbocycles. The van der Waals surface area contributed by atoms with Gasteiger partial charge >= 0.3 is 0 Å². The second kappa shape index (κ2) is 6.59. The molecule has 0 spiro atoms. The van der Waals surface area contributed by atoms with Gasteiger partial charge in [-0.05, 0) is 44.0 Å².